The van der Waals surface area contributed by atoms with Gasteiger partial charge in [0.2, 0.25) is 5.78 Å². The Kier molecular flexibility index (Phi) is 5.35. The molecule has 1 aromatic carbocycles. The van der Waals surface area contributed by atoms with Crippen molar-refractivity contribution in [3.8, 4) is 6.07 Å². The lowest BCUT2D eigenvalue weighted by atomic mass is 9.88. The van der Waals surface area contributed by atoms with E-state index >= 15 is 0 Å². The van der Waals surface area contributed by atoms with Crippen LogP contribution in [0, 0.1) is 11.3 Å². The summed E-state index contributed by atoms with van der Waals surface area (Å²) in [4.78, 5) is 12.6. The molecule has 124 valence electrons. The summed E-state index contributed by atoms with van der Waals surface area (Å²) in [6.07, 6.45) is 5.31. The van der Waals surface area contributed by atoms with E-state index in [1.54, 1.807) is 24.4 Å². The number of benzene rings is 1. The number of ketones is 1. The van der Waals surface area contributed by atoms with Crippen LogP contribution in [0.1, 0.15) is 61.3 Å². The lowest BCUT2D eigenvalue weighted by Gasteiger charge is -2.17. The van der Waals surface area contributed by atoms with Crippen LogP contribution in [0.3, 0.4) is 0 Å². The molecule has 1 N–H and O–H groups in total. The second kappa shape index (κ2) is 7.27. The molecule has 0 bridgehead atoms. The van der Waals surface area contributed by atoms with Gasteiger partial charge in [0.25, 0.3) is 0 Å². The van der Waals surface area contributed by atoms with E-state index in [0.29, 0.717) is 5.56 Å². The number of rotatable bonds is 5. The van der Waals surface area contributed by atoms with Gasteiger partial charge in [0.05, 0.1) is 6.20 Å². The minimum absolute atomic E-state index is 0.116. The number of aryl methyl sites for hydroxylation is 1. The summed E-state index contributed by atoms with van der Waals surface area (Å²) < 4.78 is 0. The summed E-state index contributed by atoms with van der Waals surface area (Å²) in [6, 6.07) is 9.50. The van der Waals surface area contributed by atoms with E-state index in [4.69, 9.17) is 0 Å². The quantitative estimate of drug-likeness (QED) is 0.502. The van der Waals surface area contributed by atoms with Gasteiger partial charge in [0, 0.05) is 22.2 Å². The van der Waals surface area contributed by atoms with Gasteiger partial charge in [-0.15, -0.1) is 0 Å². The van der Waals surface area contributed by atoms with Crippen molar-refractivity contribution in [2.24, 2.45) is 0 Å². The molecule has 0 radical (unpaired) electrons. The standard InChI is InChI=1S/C20H23N3O/c1-5-6-14-7-9-15(10-8-14)18(24)16(12-21)11-17-13-22-23-19(17)20(2,3)4/h7-11,13H,5-6H2,1-4H3,(H,22,23)/b16-11-. The zero-order valence-corrected chi connectivity index (χ0v) is 14.7. The Labute approximate surface area is 143 Å². The first-order chi connectivity index (χ1) is 11.4. The lowest BCUT2D eigenvalue weighted by molar-refractivity contribution is 0.104. The number of hydrogen-bond donors (Lipinski definition) is 1. The average molecular weight is 321 g/mol. The van der Waals surface area contributed by atoms with Gasteiger partial charge >= 0.3 is 0 Å². The van der Waals surface area contributed by atoms with Crippen molar-refractivity contribution in [2.45, 2.75) is 46.0 Å². The fourth-order valence-corrected chi connectivity index (χ4v) is 2.58. The number of carbonyl (C=O) groups excluding carboxylic acids is 1. The van der Waals surface area contributed by atoms with Gasteiger partial charge in [0.1, 0.15) is 11.6 Å². The largest absolute Gasteiger partial charge is 0.288 e. The topological polar surface area (TPSA) is 69.5 Å². The maximum Gasteiger partial charge on any atom is 0.203 e. The van der Waals surface area contributed by atoms with Gasteiger partial charge < -0.3 is 0 Å². The van der Waals surface area contributed by atoms with Crippen molar-refractivity contribution in [3.63, 3.8) is 0 Å². The number of Topliss-reactive ketones (excluding diaryl/α,β-unsaturated/α-hetero) is 1. The molecule has 0 unspecified atom stereocenters. The van der Waals surface area contributed by atoms with Gasteiger partial charge in [-0.3, -0.25) is 9.89 Å². The van der Waals surface area contributed by atoms with Crippen molar-refractivity contribution >= 4 is 11.9 Å². The van der Waals surface area contributed by atoms with Gasteiger partial charge in [-0.1, -0.05) is 58.4 Å². The van der Waals surface area contributed by atoms with E-state index in [-0.39, 0.29) is 16.8 Å². The van der Waals surface area contributed by atoms with Crippen LogP contribution < -0.4 is 0 Å². The number of H-pyrrole nitrogens is 1. The summed E-state index contributed by atoms with van der Waals surface area (Å²) in [5.41, 5.74) is 3.37. The van der Waals surface area contributed by atoms with E-state index in [1.807, 2.05) is 18.2 Å². The van der Waals surface area contributed by atoms with Crippen LogP contribution >= 0.6 is 0 Å². The molecule has 0 aliphatic rings. The fraction of sp³-hybridized carbons (Fsp3) is 0.350. The Morgan fingerprint density at radius 2 is 1.96 bits per heavy atom. The van der Waals surface area contributed by atoms with Crippen molar-refractivity contribution in [3.05, 3.63) is 58.4 Å². The van der Waals surface area contributed by atoms with Crippen LogP contribution in [0.5, 0.6) is 0 Å². The molecular formula is C20H23N3O. The molecule has 0 atom stereocenters. The number of nitrogens with one attached hydrogen (secondary N) is 1. The van der Waals surface area contributed by atoms with E-state index < -0.39 is 0 Å². The summed E-state index contributed by atoms with van der Waals surface area (Å²) in [5.74, 6) is -0.262. The smallest absolute Gasteiger partial charge is 0.203 e. The minimum Gasteiger partial charge on any atom is -0.288 e. The van der Waals surface area contributed by atoms with Crippen LogP contribution in [0.15, 0.2) is 36.0 Å². The number of nitrogens with zero attached hydrogens (tertiary/aromatic N) is 2. The molecule has 2 aromatic rings. The normalized spacial score (nSPS) is 12.0. The van der Waals surface area contributed by atoms with E-state index in [0.717, 1.165) is 24.1 Å². The maximum absolute atomic E-state index is 12.6. The highest BCUT2D eigenvalue weighted by atomic mass is 16.1. The molecule has 0 spiro atoms. The van der Waals surface area contributed by atoms with Gasteiger partial charge in [-0.05, 0) is 18.1 Å². The first-order valence-electron chi connectivity index (χ1n) is 8.16. The van der Waals surface area contributed by atoms with Crippen molar-refractivity contribution in [1.29, 1.82) is 5.26 Å². The van der Waals surface area contributed by atoms with Crippen molar-refractivity contribution in [1.82, 2.24) is 10.2 Å². The van der Waals surface area contributed by atoms with E-state index in [1.165, 1.54) is 5.56 Å². The molecule has 0 aliphatic carbocycles. The third-order valence-electron chi connectivity index (χ3n) is 3.84. The van der Waals surface area contributed by atoms with Crippen molar-refractivity contribution in [2.75, 3.05) is 0 Å². The third kappa shape index (κ3) is 3.99. The van der Waals surface area contributed by atoms with Crippen LogP contribution in [0.25, 0.3) is 6.08 Å². The Morgan fingerprint density at radius 3 is 2.50 bits per heavy atom. The molecule has 0 fully saturated rings. The van der Waals surface area contributed by atoms with E-state index in [2.05, 4.69) is 37.9 Å². The molecule has 0 saturated carbocycles. The zero-order valence-electron chi connectivity index (χ0n) is 14.7. The van der Waals surface area contributed by atoms with Crippen LogP contribution in [0.2, 0.25) is 0 Å². The number of nitriles is 1. The van der Waals surface area contributed by atoms with Crippen LogP contribution in [0.4, 0.5) is 0 Å². The molecule has 0 saturated heterocycles. The second-order valence-electron chi connectivity index (χ2n) is 6.90. The van der Waals surface area contributed by atoms with E-state index in [9.17, 15) is 10.1 Å². The van der Waals surface area contributed by atoms with Gasteiger partial charge in [0.15, 0.2) is 0 Å². The zero-order chi connectivity index (χ0) is 17.7. The monoisotopic (exact) mass is 321 g/mol. The molecule has 1 aromatic heterocycles. The molecule has 0 aliphatic heterocycles. The highest BCUT2D eigenvalue weighted by Gasteiger charge is 2.20. The fourth-order valence-electron chi connectivity index (χ4n) is 2.58. The molecule has 2 rings (SSSR count). The lowest BCUT2D eigenvalue weighted by Crippen LogP contribution is -2.13. The summed E-state index contributed by atoms with van der Waals surface area (Å²) in [6.45, 7) is 8.28. The minimum atomic E-state index is -0.262. The van der Waals surface area contributed by atoms with Gasteiger partial charge in [-0.25, -0.2) is 0 Å². The highest BCUT2D eigenvalue weighted by Crippen LogP contribution is 2.25. The average Bonchev–Trinajstić information content (AvgIpc) is 3.01. The first-order valence-corrected chi connectivity index (χ1v) is 8.16. The Bertz CT molecular complexity index is 784. The molecule has 24 heavy (non-hydrogen) atoms. The predicted molar refractivity (Wildman–Crippen MR) is 95.6 cm³/mol. The summed E-state index contributed by atoms with van der Waals surface area (Å²) in [7, 11) is 0. The first kappa shape index (κ1) is 17.7. The maximum atomic E-state index is 12.6. The Hall–Kier alpha value is -2.67. The molecule has 4 nitrogen and oxygen atoms in total. The molecule has 0 amide bonds. The van der Waals surface area contributed by atoms with Crippen LogP contribution in [-0.2, 0) is 11.8 Å². The number of carbonyl (C=O) groups is 1. The third-order valence-corrected chi connectivity index (χ3v) is 3.84. The van der Waals surface area contributed by atoms with Crippen LogP contribution in [-0.4, -0.2) is 16.0 Å². The molecular weight excluding hydrogens is 298 g/mol. The number of aromatic amines is 1. The number of aromatic nitrogens is 2. The highest BCUT2D eigenvalue weighted by molar-refractivity contribution is 6.14. The second-order valence-corrected chi connectivity index (χ2v) is 6.90. The Morgan fingerprint density at radius 1 is 1.29 bits per heavy atom. The number of allylic oxidation sites excluding steroid dienone is 1. The number of hydrogen-bond acceptors (Lipinski definition) is 3. The SMILES string of the molecule is CCCc1ccc(C(=O)/C(C#N)=C\c2cn[nH]c2C(C)(C)C)cc1. The summed E-state index contributed by atoms with van der Waals surface area (Å²) >= 11 is 0. The predicted octanol–water partition coefficient (Wildman–Crippen LogP) is 4.45. The van der Waals surface area contributed by atoms with Crippen molar-refractivity contribution < 1.29 is 4.79 Å². The molecule has 4 heteroatoms. The summed E-state index contributed by atoms with van der Waals surface area (Å²) in [5, 5.41) is 16.4. The molecule has 1 heterocycles. The Balaban J connectivity index is 2.33. The van der Waals surface area contributed by atoms with Gasteiger partial charge in [-0.2, -0.15) is 10.4 Å².